The van der Waals surface area contributed by atoms with Gasteiger partial charge in [-0.15, -0.1) is 0 Å². The molecule has 3 N–H and O–H groups in total. The molecule has 1 amide bonds. The van der Waals surface area contributed by atoms with Gasteiger partial charge in [-0.25, -0.2) is 0 Å². The van der Waals surface area contributed by atoms with Crippen LogP contribution in [0, 0.1) is 0 Å². The predicted molar refractivity (Wildman–Crippen MR) is 66.1 cm³/mol. The maximum atomic E-state index is 11.1. The first-order chi connectivity index (χ1) is 8.45. The Hall–Kier alpha value is -1.72. The molecule has 0 fully saturated rings. The van der Waals surface area contributed by atoms with Gasteiger partial charge in [0.2, 0.25) is 5.91 Å². The van der Waals surface area contributed by atoms with Crippen molar-refractivity contribution in [2.24, 2.45) is 0 Å². The fourth-order valence-corrected chi connectivity index (χ4v) is 1.63. The van der Waals surface area contributed by atoms with Crippen molar-refractivity contribution in [3.8, 4) is 0 Å². The number of carbonyl (C=O) groups is 2. The Morgan fingerprint density at radius 2 is 1.78 bits per heavy atom. The number of hydrogen-bond acceptors (Lipinski definition) is 4. The molecule has 0 bridgehead atoms. The second-order valence-corrected chi connectivity index (χ2v) is 4.11. The Bertz CT molecular complexity index is 427. The van der Waals surface area contributed by atoms with Crippen molar-refractivity contribution in [2.45, 2.75) is 26.0 Å². The number of hydrogen-bond donors (Lipinski definition) is 3. The van der Waals surface area contributed by atoms with E-state index >= 15 is 0 Å². The molecule has 0 heterocycles. The summed E-state index contributed by atoms with van der Waals surface area (Å²) in [7, 11) is 0. The third kappa shape index (κ3) is 3.65. The van der Waals surface area contributed by atoms with Crippen molar-refractivity contribution < 1.29 is 19.8 Å². The molecule has 0 saturated carbocycles. The van der Waals surface area contributed by atoms with Gasteiger partial charge >= 0.3 is 0 Å². The highest BCUT2D eigenvalue weighted by Crippen LogP contribution is 2.17. The summed E-state index contributed by atoms with van der Waals surface area (Å²) in [6.07, 6.45) is -1.01. The SMILES string of the molecule is CC(=O)NC(CO)C(O)c1ccc(C(C)=O)cc1. The number of nitrogens with one attached hydrogen (secondary N) is 1. The summed E-state index contributed by atoms with van der Waals surface area (Å²) >= 11 is 0. The molecule has 0 saturated heterocycles. The lowest BCUT2D eigenvalue weighted by atomic mass is 10.0. The van der Waals surface area contributed by atoms with E-state index in [9.17, 15) is 14.7 Å². The van der Waals surface area contributed by atoms with Crippen LogP contribution in [0.2, 0.25) is 0 Å². The topological polar surface area (TPSA) is 86.6 Å². The fourth-order valence-electron chi connectivity index (χ4n) is 1.63. The Kier molecular flexibility index (Phi) is 5.00. The van der Waals surface area contributed by atoms with E-state index in [2.05, 4.69) is 5.32 Å². The summed E-state index contributed by atoms with van der Waals surface area (Å²) in [6, 6.07) is 5.65. The van der Waals surface area contributed by atoms with Crippen LogP contribution in [0.5, 0.6) is 0 Å². The zero-order chi connectivity index (χ0) is 13.7. The average molecular weight is 251 g/mol. The Morgan fingerprint density at radius 3 is 2.17 bits per heavy atom. The lowest BCUT2D eigenvalue weighted by Gasteiger charge is -2.22. The van der Waals surface area contributed by atoms with Crippen LogP contribution in [0.4, 0.5) is 0 Å². The third-order valence-corrected chi connectivity index (χ3v) is 2.63. The lowest BCUT2D eigenvalue weighted by molar-refractivity contribution is -0.121. The summed E-state index contributed by atoms with van der Waals surface area (Å²) in [6.45, 7) is 2.41. The predicted octanol–water partition coefficient (Wildman–Crippen LogP) is 0.420. The van der Waals surface area contributed by atoms with Gasteiger partial charge in [-0.1, -0.05) is 24.3 Å². The second-order valence-electron chi connectivity index (χ2n) is 4.11. The summed E-state index contributed by atoms with van der Waals surface area (Å²) in [5.41, 5.74) is 1.08. The summed E-state index contributed by atoms with van der Waals surface area (Å²) in [5.74, 6) is -0.384. The second kappa shape index (κ2) is 6.28. The maximum absolute atomic E-state index is 11.1. The fraction of sp³-hybridized carbons (Fsp3) is 0.385. The molecule has 0 radical (unpaired) electrons. The quantitative estimate of drug-likeness (QED) is 0.662. The Morgan fingerprint density at radius 1 is 1.22 bits per heavy atom. The van der Waals surface area contributed by atoms with E-state index in [0.29, 0.717) is 11.1 Å². The van der Waals surface area contributed by atoms with Crippen LogP contribution in [-0.4, -0.2) is 34.6 Å². The first-order valence-electron chi connectivity index (χ1n) is 5.62. The average Bonchev–Trinajstić information content (AvgIpc) is 2.35. The molecule has 1 aromatic carbocycles. The highest BCUT2D eigenvalue weighted by Gasteiger charge is 2.20. The van der Waals surface area contributed by atoms with Gasteiger partial charge in [0.1, 0.15) is 6.10 Å². The van der Waals surface area contributed by atoms with Gasteiger partial charge in [-0.2, -0.15) is 0 Å². The summed E-state index contributed by atoms with van der Waals surface area (Å²) in [5, 5.41) is 21.6. The third-order valence-electron chi connectivity index (χ3n) is 2.63. The molecule has 18 heavy (non-hydrogen) atoms. The van der Waals surface area contributed by atoms with Crippen LogP contribution in [0.3, 0.4) is 0 Å². The van der Waals surface area contributed by atoms with Crippen LogP contribution in [0.25, 0.3) is 0 Å². The van der Waals surface area contributed by atoms with Gasteiger partial charge in [-0.3, -0.25) is 9.59 Å². The zero-order valence-corrected chi connectivity index (χ0v) is 10.4. The molecule has 1 aromatic rings. The van der Waals surface area contributed by atoms with Crippen molar-refractivity contribution in [1.29, 1.82) is 0 Å². The molecular weight excluding hydrogens is 234 g/mol. The number of aliphatic hydroxyl groups is 2. The highest BCUT2D eigenvalue weighted by molar-refractivity contribution is 5.94. The van der Waals surface area contributed by atoms with Crippen molar-refractivity contribution in [2.75, 3.05) is 6.61 Å². The summed E-state index contributed by atoms with van der Waals surface area (Å²) in [4.78, 5) is 22.0. The van der Waals surface area contributed by atoms with Gasteiger partial charge < -0.3 is 15.5 Å². The van der Waals surface area contributed by atoms with Crippen molar-refractivity contribution >= 4 is 11.7 Å². The minimum absolute atomic E-state index is 0.0587. The molecule has 1 rings (SSSR count). The Labute approximate surface area is 105 Å². The number of amides is 1. The number of rotatable bonds is 5. The number of ketones is 1. The van der Waals surface area contributed by atoms with Crippen LogP contribution >= 0.6 is 0 Å². The van der Waals surface area contributed by atoms with E-state index in [4.69, 9.17) is 5.11 Å². The molecule has 0 aliphatic rings. The van der Waals surface area contributed by atoms with E-state index in [1.807, 2.05) is 0 Å². The number of Topliss-reactive ketones (excluding diaryl/α,β-unsaturated/α-hetero) is 1. The minimum Gasteiger partial charge on any atom is -0.394 e. The monoisotopic (exact) mass is 251 g/mol. The van der Waals surface area contributed by atoms with Crippen molar-refractivity contribution in [3.05, 3.63) is 35.4 Å². The maximum Gasteiger partial charge on any atom is 0.217 e. The van der Waals surface area contributed by atoms with Gasteiger partial charge in [0.05, 0.1) is 12.6 Å². The van der Waals surface area contributed by atoms with Gasteiger partial charge in [0.15, 0.2) is 5.78 Å². The number of benzene rings is 1. The molecular formula is C13H17NO4. The molecule has 5 nitrogen and oxygen atoms in total. The van der Waals surface area contributed by atoms with E-state index in [0.717, 1.165) is 0 Å². The van der Waals surface area contributed by atoms with E-state index in [1.165, 1.54) is 13.8 Å². The Balaban J connectivity index is 2.84. The molecule has 0 aromatic heterocycles. The van der Waals surface area contributed by atoms with E-state index in [-0.39, 0.29) is 18.3 Å². The standard InChI is InChI=1S/C13H17NO4/c1-8(16)10-3-5-11(6-4-10)13(18)12(7-15)14-9(2)17/h3-6,12-13,15,18H,7H2,1-2H3,(H,14,17). The summed E-state index contributed by atoms with van der Waals surface area (Å²) < 4.78 is 0. The molecule has 2 unspecified atom stereocenters. The van der Waals surface area contributed by atoms with Crippen LogP contribution < -0.4 is 5.32 Å². The molecule has 5 heteroatoms. The first-order valence-corrected chi connectivity index (χ1v) is 5.62. The minimum atomic E-state index is -1.01. The number of aliphatic hydroxyl groups excluding tert-OH is 2. The van der Waals surface area contributed by atoms with Crippen molar-refractivity contribution in [1.82, 2.24) is 5.32 Å². The van der Waals surface area contributed by atoms with Gasteiger partial charge in [0, 0.05) is 12.5 Å². The van der Waals surface area contributed by atoms with Crippen LogP contribution in [0.1, 0.15) is 35.9 Å². The van der Waals surface area contributed by atoms with Crippen molar-refractivity contribution in [3.63, 3.8) is 0 Å². The molecule has 0 spiro atoms. The molecule has 0 aliphatic carbocycles. The zero-order valence-electron chi connectivity index (χ0n) is 10.4. The normalized spacial score (nSPS) is 13.8. The molecule has 0 aliphatic heterocycles. The van der Waals surface area contributed by atoms with E-state index < -0.39 is 12.1 Å². The van der Waals surface area contributed by atoms with Crippen LogP contribution in [0.15, 0.2) is 24.3 Å². The smallest absolute Gasteiger partial charge is 0.217 e. The molecule has 98 valence electrons. The van der Waals surface area contributed by atoms with Gasteiger partial charge in [0.25, 0.3) is 0 Å². The largest absolute Gasteiger partial charge is 0.394 e. The van der Waals surface area contributed by atoms with Crippen LogP contribution in [-0.2, 0) is 4.79 Å². The molecule has 2 atom stereocenters. The van der Waals surface area contributed by atoms with Gasteiger partial charge in [-0.05, 0) is 12.5 Å². The van der Waals surface area contributed by atoms with E-state index in [1.54, 1.807) is 24.3 Å². The first kappa shape index (κ1) is 14.3. The highest BCUT2D eigenvalue weighted by atomic mass is 16.3. The number of carbonyl (C=O) groups excluding carboxylic acids is 2. The lowest BCUT2D eigenvalue weighted by Crippen LogP contribution is -2.40.